The van der Waals surface area contributed by atoms with Gasteiger partial charge in [-0.15, -0.1) is 11.3 Å². The standard InChI is InChI=1S/C13H11BrN2O3S/c1-7-3-10(11(16(18)19)4-8(7)2)15-13(17)9-5-12(14)20-6-9/h3-6H,1-2H3,(H,15,17). The summed E-state index contributed by atoms with van der Waals surface area (Å²) in [5, 5.41) is 15.3. The molecule has 0 aliphatic heterocycles. The molecule has 1 N–H and O–H groups in total. The van der Waals surface area contributed by atoms with Crippen LogP contribution in [0.2, 0.25) is 0 Å². The molecule has 5 nitrogen and oxygen atoms in total. The van der Waals surface area contributed by atoms with Gasteiger partial charge in [0, 0.05) is 11.4 Å². The van der Waals surface area contributed by atoms with E-state index < -0.39 is 4.92 Å². The molecule has 0 radical (unpaired) electrons. The predicted molar refractivity (Wildman–Crippen MR) is 82.5 cm³/mol. The first-order valence-electron chi connectivity index (χ1n) is 5.69. The van der Waals surface area contributed by atoms with Crippen LogP contribution in [-0.4, -0.2) is 10.8 Å². The van der Waals surface area contributed by atoms with Gasteiger partial charge < -0.3 is 5.32 Å². The van der Waals surface area contributed by atoms with E-state index in [2.05, 4.69) is 21.2 Å². The Morgan fingerprint density at radius 1 is 1.30 bits per heavy atom. The summed E-state index contributed by atoms with van der Waals surface area (Å²) in [6.07, 6.45) is 0. The molecule has 0 aliphatic rings. The van der Waals surface area contributed by atoms with Crippen LogP contribution < -0.4 is 5.32 Å². The van der Waals surface area contributed by atoms with Crippen LogP contribution in [0.15, 0.2) is 27.4 Å². The highest BCUT2D eigenvalue weighted by Crippen LogP contribution is 2.29. The van der Waals surface area contributed by atoms with E-state index in [1.807, 2.05) is 6.92 Å². The summed E-state index contributed by atoms with van der Waals surface area (Å²) >= 11 is 4.66. The Hall–Kier alpha value is -1.73. The van der Waals surface area contributed by atoms with Crippen LogP contribution in [0, 0.1) is 24.0 Å². The zero-order chi connectivity index (χ0) is 14.9. The molecule has 7 heteroatoms. The Morgan fingerprint density at radius 2 is 1.95 bits per heavy atom. The molecule has 0 saturated heterocycles. The lowest BCUT2D eigenvalue weighted by molar-refractivity contribution is -0.384. The fraction of sp³-hybridized carbons (Fsp3) is 0.154. The summed E-state index contributed by atoms with van der Waals surface area (Å²) in [7, 11) is 0. The molecule has 1 heterocycles. The zero-order valence-corrected chi connectivity index (χ0v) is 13.2. The molecule has 0 bridgehead atoms. The number of thiophene rings is 1. The van der Waals surface area contributed by atoms with Gasteiger partial charge in [0.05, 0.1) is 14.3 Å². The molecule has 0 saturated carbocycles. The fourth-order valence-electron chi connectivity index (χ4n) is 1.68. The van der Waals surface area contributed by atoms with Crippen molar-refractivity contribution in [3.05, 3.63) is 54.2 Å². The molecular weight excluding hydrogens is 344 g/mol. The third kappa shape index (κ3) is 3.05. The topological polar surface area (TPSA) is 72.2 Å². The average molecular weight is 355 g/mol. The minimum Gasteiger partial charge on any atom is -0.316 e. The van der Waals surface area contributed by atoms with Gasteiger partial charge in [-0.3, -0.25) is 14.9 Å². The summed E-state index contributed by atoms with van der Waals surface area (Å²) in [5.41, 5.74) is 2.28. The molecule has 0 atom stereocenters. The van der Waals surface area contributed by atoms with Crippen molar-refractivity contribution in [1.82, 2.24) is 0 Å². The lowest BCUT2D eigenvalue weighted by Gasteiger charge is -2.08. The van der Waals surface area contributed by atoms with E-state index in [1.165, 1.54) is 17.4 Å². The van der Waals surface area contributed by atoms with Crippen molar-refractivity contribution in [1.29, 1.82) is 0 Å². The van der Waals surface area contributed by atoms with Gasteiger partial charge in [-0.25, -0.2) is 0 Å². The maximum absolute atomic E-state index is 12.1. The van der Waals surface area contributed by atoms with Gasteiger partial charge in [0.25, 0.3) is 11.6 Å². The van der Waals surface area contributed by atoms with E-state index in [4.69, 9.17) is 0 Å². The van der Waals surface area contributed by atoms with Crippen molar-refractivity contribution in [2.45, 2.75) is 13.8 Å². The number of nitrogens with one attached hydrogen (secondary N) is 1. The molecule has 1 aromatic heterocycles. The molecule has 104 valence electrons. The van der Waals surface area contributed by atoms with Gasteiger partial charge in [0.15, 0.2) is 0 Å². The molecule has 0 spiro atoms. The Morgan fingerprint density at radius 3 is 2.50 bits per heavy atom. The number of aryl methyl sites for hydroxylation is 2. The van der Waals surface area contributed by atoms with E-state index in [9.17, 15) is 14.9 Å². The summed E-state index contributed by atoms with van der Waals surface area (Å²) in [5.74, 6) is -0.363. The van der Waals surface area contributed by atoms with Crippen LogP contribution in [0.5, 0.6) is 0 Å². The summed E-state index contributed by atoms with van der Waals surface area (Å²) < 4.78 is 0.831. The Bertz CT molecular complexity index is 697. The average Bonchev–Trinajstić information content (AvgIpc) is 2.80. The van der Waals surface area contributed by atoms with Crippen LogP contribution in [0.1, 0.15) is 21.5 Å². The van der Waals surface area contributed by atoms with Crippen molar-refractivity contribution < 1.29 is 9.72 Å². The minimum absolute atomic E-state index is 0.101. The lowest BCUT2D eigenvalue weighted by Crippen LogP contribution is -2.12. The number of halogens is 1. The quantitative estimate of drug-likeness (QED) is 0.660. The molecular formula is C13H11BrN2O3S. The normalized spacial score (nSPS) is 10.3. The van der Waals surface area contributed by atoms with Gasteiger partial charge in [-0.05, 0) is 53.0 Å². The van der Waals surface area contributed by atoms with Gasteiger partial charge in [0.2, 0.25) is 0 Å². The lowest BCUT2D eigenvalue weighted by atomic mass is 10.1. The van der Waals surface area contributed by atoms with E-state index in [0.717, 1.165) is 14.9 Å². The number of nitro benzene ring substituents is 1. The van der Waals surface area contributed by atoms with Gasteiger partial charge in [-0.1, -0.05) is 0 Å². The van der Waals surface area contributed by atoms with Gasteiger partial charge >= 0.3 is 0 Å². The van der Waals surface area contributed by atoms with E-state index in [0.29, 0.717) is 5.56 Å². The Kier molecular flexibility index (Phi) is 4.20. The van der Waals surface area contributed by atoms with Crippen LogP contribution in [-0.2, 0) is 0 Å². The fourth-order valence-corrected chi connectivity index (χ4v) is 2.81. The Balaban J connectivity index is 2.35. The largest absolute Gasteiger partial charge is 0.316 e. The third-order valence-corrected chi connectivity index (χ3v) is 4.39. The summed E-state index contributed by atoms with van der Waals surface area (Å²) in [6.45, 7) is 3.64. The van der Waals surface area contributed by atoms with E-state index in [-0.39, 0.29) is 17.3 Å². The maximum atomic E-state index is 12.1. The molecule has 0 unspecified atom stereocenters. The highest BCUT2D eigenvalue weighted by molar-refractivity contribution is 9.11. The van der Waals surface area contributed by atoms with Crippen molar-refractivity contribution >= 4 is 44.5 Å². The van der Waals surface area contributed by atoms with Crippen molar-refractivity contribution in [2.24, 2.45) is 0 Å². The number of anilines is 1. The van der Waals surface area contributed by atoms with Crippen LogP contribution >= 0.6 is 27.3 Å². The van der Waals surface area contributed by atoms with Crippen LogP contribution in [0.4, 0.5) is 11.4 Å². The number of nitrogens with zero attached hydrogens (tertiary/aromatic N) is 1. The first-order valence-corrected chi connectivity index (χ1v) is 7.37. The van der Waals surface area contributed by atoms with Crippen molar-refractivity contribution in [2.75, 3.05) is 5.32 Å². The second kappa shape index (κ2) is 5.72. The zero-order valence-electron chi connectivity index (χ0n) is 10.8. The first kappa shape index (κ1) is 14.7. The summed E-state index contributed by atoms with van der Waals surface area (Å²) in [6, 6.07) is 4.76. The second-order valence-corrected chi connectivity index (χ2v) is 6.59. The molecule has 1 amide bonds. The smallest absolute Gasteiger partial charge is 0.293 e. The third-order valence-electron chi connectivity index (χ3n) is 2.89. The highest BCUT2D eigenvalue weighted by atomic mass is 79.9. The molecule has 2 rings (SSSR count). The maximum Gasteiger partial charge on any atom is 0.293 e. The number of hydrogen-bond acceptors (Lipinski definition) is 4. The van der Waals surface area contributed by atoms with Gasteiger partial charge in [0.1, 0.15) is 5.69 Å². The number of nitro groups is 1. The number of carbonyl (C=O) groups is 1. The molecule has 0 aliphatic carbocycles. The van der Waals surface area contributed by atoms with Crippen LogP contribution in [0.25, 0.3) is 0 Å². The molecule has 20 heavy (non-hydrogen) atoms. The first-order chi connectivity index (χ1) is 9.38. The SMILES string of the molecule is Cc1cc(NC(=O)c2csc(Br)c2)c([N+](=O)[O-])cc1C. The van der Waals surface area contributed by atoms with Gasteiger partial charge in [-0.2, -0.15) is 0 Å². The van der Waals surface area contributed by atoms with Crippen LogP contribution in [0.3, 0.4) is 0 Å². The number of carbonyl (C=O) groups excluding carboxylic acids is 1. The number of amides is 1. The van der Waals surface area contributed by atoms with E-state index in [1.54, 1.807) is 24.4 Å². The summed E-state index contributed by atoms with van der Waals surface area (Å²) in [4.78, 5) is 22.6. The molecule has 1 aromatic carbocycles. The Labute approximate surface area is 127 Å². The second-order valence-electron chi connectivity index (χ2n) is 4.30. The van der Waals surface area contributed by atoms with Crippen molar-refractivity contribution in [3.63, 3.8) is 0 Å². The monoisotopic (exact) mass is 354 g/mol. The minimum atomic E-state index is -0.494. The van der Waals surface area contributed by atoms with E-state index >= 15 is 0 Å². The predicted octanol–water partition coefficient (Wildman–Crippen LogP) is 4.29. The molecule has 0 fully saturated rings. The van der Waals surface area contributed by atoms with Crippen molar-refractivity contribution in [3.8, 4) is 0 Å². The number of hydrogen-bond donors (Lipinski definition) is 1. The number of rotatable bonds is 3. The number of benzene rings is 1. The highest BCUT2D eigenvalue weighted by Gasteiger charge is 2.18. The molecule has 2 aromatic rings.